The number of guanidine groups is 1. The molecule has 1 fully saturated rings. The van der Waals surface area contributed by atoms with Crippen molar-refractivity contribution in [2.45, 2.75) is 33.2 Å². The number of nitrogens with one attached hydrogen (secondary N) is 3. The Morgan fingerprint density at radius 3 is 2.52 bits per heavy atom. The van der Waals surface area contributed by atoms with Gasteiger partial charge in [0.1, 0.15) is 0 Å². The van der Waals surface area contributed by atoms with Crippen molar-refractivity contribution in [2.75, 3.05) is 19.6 Å². The maximum absolute atomic E-state index is 11.5. The normalized spacial score (nSPS) is 13.9. The van der Waals surface area contributed by atoms with Crippen molar-refractivity contribution in [3.05, 3.63) is 35.4 Å². The van der Waals surface area contributed by atoms with Crippen LogP contribution in [0, 0.1) is 12.8 Å². The predicted octanol–water partition coefficient (Wildman–Crippen LogP) is 2.19. The predicted molar refractivity (Wildman–Crippen MR) is 105 cm³/mol. The molecule has 1 aliphatic rings. The molecule has 6 heteroatoms. The molecular weight excluding hydrogens is 403 g/mol. The van der Waals surface area contributed by atoms with Crippen molar-refractivity contribution in [2.24, 2.45) is 10.9 Å². The zero-order chi connectivity index (χ0) is 15.8. The number of amides is 1. The SMILES string of the molecule is CCNC(=NCc1ccccc1C)NCCNC(=O)C1CC1.I. The maximum atomic E-state index is 11.5. The molecule has 0 bridgehead atoms. The van der Waals surface area contributed by atoms with Crippen molar-refractivity contribution in [1.29, 1.82) is 0 Å². The third-order valence-electron chi connectivity index (χ3n) is 3.68. The van der Waals surface area contributed by atoms with Crippen LogP contribution in [0.5, 0.6) is 0 Å². The molecule has 1 amide bonds. The number of nitrogens with zero attached hydrogens (tertiary/aromatic N) is 1. The molecular formula is C17H27IN4O. The van der Waals surface area contributed by atoms with E-state index in [1.165, 1.54) is 11.1 Å². The first kappa shape index (κ1) is 19.7. The van der Waals surface area contributed by atoms with Crippen molar-refractivity contribution in [1.82, 2.24) is 16.0 Å². The van der Waals surface area contributed by atoms with Crippen LogP contribution in [0.2, 0.25) is 0 Å². The molecule has 0 aliphatic heterocycles. The van der Waals surface area contributed by atoms with Gasteiger partial charge in [-0.25, -0.2) is 4.99 Å². The maximum Gasteiger partial charge on any atom is 0.223 e. The lowest BCUT2D eigenvalue weighted by atomic mass is 10.1. The summed E-state index contributed by atoms with van der Waals surface area (Å²) >= 11 is 0. The number of benzene rings is 1. The molecule has 0 unspecified atom stereocenters. The van der Waals surface area contributed by atoms with E-state index in [1.54, 1.807) is 0 Å². The van der Waals surface area contributed by atoms with Crippen LogP contribution in [0.25, 0.3) is 0 Å². The lowest BCUT2D eigenvalue weighted by Crippen LogP contribution is -2.41. The first-order valence-corrected chi connectivity index (χ1v) is 8.05. The van der Waals surface area contributed by atoms with Gasteiger partial charge in [0.2, 0.25) is 5.91 Å². The third kappa shape index (κ3) is 7.20. The zero-order valence-electron chi connectivity index (χ0n) is 13.9. The number of hydrogen-bond donors (Lipinski definition) is 3. The highest BCUT2D eigenvalue weighted by Crippen LogP contribution is 2.28. The molecule has 2 rings (SSSR count). The van der Waals surface area contributed by atoms with Crippen LogP contribution >= 0.6 is 24.0 Å². The van der Waals surface area contributed by atoms with Crippen LogP contribution in [0.15, 0.2) is 29.3 Å². The average Bonchev–Trinajstić information content (AvgIpc) is 3.35. The van der Waals surface area contributed by atoms with Gasteiger partial charge in [-0.15, -0.1) is 24.0 Å². The Kier molecular flexibility index (Phi) is 8.98. The molecule has 1 saturated carbocycles. The van der Waals surface area contributed by atoms with Gasteiger partial charge >= 0.3 is 0 Å². The number of aliphatic imine (C=N–C) groups is 1. The van der Waals surface area contributed by atoms with Crippen LogP contribution in [0.3, 0.4) is 0 Å². The van der Waals surface area contributed by atoms with E-state index in [2.05, 4.69) is 40.0 Å². The molecule has 1 aromatic rings. The van der Waals surface area contributed by atoms with Gasteiger partial charge in [-0.05, 0) is 37.8 Å². The third-order valence-corrected chi connectivity index (χ3v) is 3.68. The fourth-order valence-electron chi connectivity index (χ4n) is 2.15. The van der Waals surface area contributed by atoms with Crippen molar-refractivity contribution >= 4 is 35.8 Å². The highest BCUT2D eigenvalue weighted by Gasteiger charge is 2.28. The summed E-state index contributed by atoms with van der Waals surface area (Å²) in [5.74, 6) is 1.23. The summed E-state index contributed by atoms with van der Waals surface area (Å²) in [6.45, 7) is 6.91. The van der Waals surface area contributed by atoms with E-state index in [0.717, 1.165) is 25.3 Å². The molecule has 128 valence electrons. The van der Waals surface area contributed by atoms with Gasteiger partial charge in [-0.2, -0.15) is 0 Å². The first-order chi connectivity index (χ1) is 10.7. The monoisotopic (exact) mass is 430 g/mol. The Balaban J connectivity index is 0.00000264. The average molecular weight is 430 g/mol. The Bertz CT molecular complexity index is 529. The van der Waals surface area contributed by atoms with E-state index < -0.39 is 0 Å². The molecule has 0 spiro atoms. The second-order valence-corrected chi connectivity index (χ2v) is 5.61. The molecule has 1 aromatic carbocycles. The van der Waals surface area contributed by atoms with Gasteiger partial charge < -0.3 is 16.0 Å². The molecule has 0 aromatic heterocycles. The molecule has 1 aliphatic carbocycles. The summed E-state index contributed by atoms with van der Waals surface area (Å²) in [6.07, 6.45) is 2.08. The fourth-order valence-corrected chi connectivity index (χ4v) is 2.15. The minimum absolute atomic E-state index is 0. The standard InChI is InChI=1S/C17H26N4O.HI/c1-3-18-17(20-11-10-19-16(22)14-8-9-14)21-12-15-7-5-4-6-13(15)2;/h4-7,14H,3,8-12H2,1-2H3,(H,19,22)(H2,18,20,21);1H. The number of carbonyl (C=O) groups excluding carboxylic acids is 1. The van der Waals surface area contributed by atoms with Crippen LogP contribution in [0.1, 0.15) is 30.9 Å². The number of hydrogen-bond acceptors (Lipinski definition) is 2. The minimum Gasteiger partial charge on any atom is -0.357 e. The van der Waals surface area contributed by atoms with Crippen LogP contribution < -0.4 is 16.0 Å². The molecule has 0 heterocycles. The Labute approximate surface area is 155 Å². The highest BCUT2D eigenvalue weighted by molar-refractivity contribution is 14.0. The molecule has 0 radical (unpaired) electrons. The smallest absolute Gasteiger partial charge is 0.223 e. The fraction of sp³-hybridized carbons (Fsp3) is 0.529. The summed E-state index contributed by atoms with van der Waals surface area (Å²) < 4.78 is 0. The Hall–Kier alpha value is -1.31. The summed E-state index contributed by atoms with van der Waals surface area (Å²) in [6, 6.07) is 8.26. The number of aryl methyl sites for hydroxylation is 1. The first-order valence-electron chi connectivity index (χ1n) is 8.05. The minimum atomic E-state index is 0. The van der Waals surface area contributed by atoms with E-state index in [9.17, 15) is 4.79 Å². The second kappa shape index (κ2) is 10.5. The molecule has 0 atom stereocenters. The van der Waals surface area contributed by atoms with Gasteiger partial charge in [0.25, 0.3) is 0 Å². The number of halogens is 1. The van der Waals surface area contributed by atoms with Gasteiger partial charge in [0.15, 0.2) is 5.96 Å². The summed E-state index contributed by atoms with van der Waals surface area (Å²) in [7, 11) is 0. The largest absolute Gasteiger partial charge is 0.357 e. The van der Waals surface area contributed by atoms with Crippen LogP contribution in [-0.2, 0) is 11.3 Å². The van der Waals surface area contributed by atoms with Crippen molar-refractivity contribution in [3.8, 4) is 0 Å². The van der Waals surface area contributed by atoms with Crippen LogP contribution in [-0.4, -0.2) is 31.5 Å². The van der Waals surface area contributed by atoms with E-state index in [0.29, 0.717) is 19.6 Å². The molecule has 3 N–H and O–H groups in total. The van der Waals surface area contributed by atoms with Crippen molar-refractivity contribution in [3.63, 3.8) is 0 Å². The summed E-state index contributed by atoms with van der Waals surface area (Å²) in [5, 5.41) is 9.41. The van der Waals surface area contributed by atoms with Gasteiger partial charge in [0, 0.05) is 25.6 Å². The topological polar surface area (TPSA) is 65.5 Å². The van der Waals surface area contributed by atoms with Gasteiger partial charge in [-0.3, -0.25) is 4.79 Å². The van der Waals surface area contributed by atoms with E-state index in [-0.39, 0.29) is 35.8 Å². The lowest BCUT2D eigenvalue weighted by Gasteiger charge is -2.12. The highest BCUT2D eigenvalue weighted by atomic mass is 127. The van der Waals surface area contributed by atoms with Crippen molar-refractivity contribution < 1.29 is 4.79 Å². The number of carbonyl (C=O) groups is 1. The van der Waals surface area contributed by atoms with Gasteiger partial charge in [0.05, 0.1) is 6.54 Å². The lowest BCUT2D eigenvalue weighted by molar-refractivity contribution is -0.122. The van der Waals surface area contributed by atoms with Crippen LogP contribution in [0.4, 0.5) is 0 Å². The van der Waals surface area contributed by atoms with E-state index in [1.807, 2.05) is 19.1 Å². The Morgan fingerprint density at radius 1 is 1.17 bits per heavy atom. The summed E-state index contributed by atoms with van der Waals surface area (Å²) in [4.78, 5) is 16.1. The Morgan fingerprint density at radius 2 is 1.87 bits per heavy atom. The number of rotatable bonds is 7. The van der Waals surface area contributed by atoms with Gasteiger partial charge in [-0.1, -0.05) is 24.3 Å². The summed E-state index contributed by atoms with van der Waals surface area (Å²) in [5.41, 5.74) is 2.47. The second-order valence-electron chi connectivity index (χ2n) is 5.61. The molecule has 0 saturated heterocycles. The van der Waals surface area contributed by atoms with E-state index >= 15 is 0 Å². The molecule has 23 heavy (non-hydrogen) atoms. The van der Waals surface area contributed by atoms with E-state index in [4.69, 9.17) is 0 Å². The zero-order valence-corrected chi connectivity index (χ0v) is 16.2. The quantitative estimate of drug-likeness (QED) is 0.269. The molecule has 5 nitrogen and oxygen atoms in total.